The van der Waals surface area contributed by atoms with Crippen molar-refractivity contribution in [2.75, 3.05) is 6.61 Å². The molecule has 0 aromatic heterocycles. The minimum atomic E-state index is -4.76. The third kappa shape index (κ3) is 7.34. The number of ether oxygens (including phenoxy) is 1. The molecule has 0 aliphatic carbocycles. The molecule has 1 fully saturated rings. The van der Waals surface area contributed by atoms with Gasteiger partial charge < -0.3 is 29.7 Å². The number of amidine groups is 1. The summed E-state index contributed by atoms with van der Waals surface area (Å²) in [6.07, 6.45) is -0.451. The monoisotopic (exact) mass is 373 g/mol. The number of phosphoric acid groups is 1. The van der Waals surface area contributed by atoms with E-state index in [9.17, 15) is 13.9 Å². The highest BCUT2D eigenvalue weighted by Gasteiger charge is 2.40. The summed E-state index contributed by atoms with van der Waals surface area (Å²) in [5.74, 6) is -0.315. The van der Waals surface area contributed by atoms with Crippen molar-refractivity contribution in [1.82, 2.24) is 4.90 Å². The highest BCUT2D eigenvalue weighted by atomic mass is 31.2. The van der Waals surface area contributed by atoms with Gasteiger partial charge in [-0.1, -0.05) is 0 Å². The van der Waals surface area contributed by atoms with E-state index in [1.165, 1.54) is 0 Å². The molecule has 0 saturated carbocycles. The lowest BCUT2D eigenvalue weighted by atomic mass is 10.2. The highest BCUT2D eigenvalue weighted by molar-refractivity contribution is 7.46. The van der Waals surface area contributed by atoms with Crippen molar-refractivity contribution in [2.45, 2.75) is 24.9 Å². The molecule has 6 N–H and O–H groups in total. The summed E-state index contributed by atoms with van der Waals surface area (Å²) >= 11 is 0. The van der Waals surface area contributed by atoms with Gasteiger partial charge in [-0.25, -0.2) is 4.57 Å². The molecule has 14 heteroatoms. The summed E-state index contributed by atoms with van der Waals surface area (Å²) in [7, 11) is -8.11. The van der Waals surface area contributed by atoms with Gasteiger partial charge in [0.25, 0.3) is 0 Å². The highest BCUT2D eigenvalue weighted by Crippen LogP contribution is 2.38. The van der Waals surface area contributed by atoms with Crippen LogP contribution in [0, 0.1) is 5.41 Å². The smallest absolute Gasteiger partial charge is 0.384 e. The number of rotatable bonds is 9. The van der Waals surface area contributed by atoms with Crippen molar-refractivity contribution < 1.29 is 42.4 Å². The summed E-state index contributed by atoms with van der Waals surface area (Å²) in [5.41, 5.74) is 5.12. The molecule has 1 unspecified atom stereocenters. The van der Waals surface area contributed by atoms with E-state index < -0.39 is 41.1 Å². The Hall–Kier alpha value is -1.10. The lowest BCUT2D eigenvalue weighted by Gasteiger charge is -2.21. The Balaban J connectivity index is 2.80. The van der Waals surface area contributed by atoms with Crippen LogP contribution in [-0.2, 0) is 27.7 Å². The van der Waals surface area contributed by atoms with Crippen LogP contribution >= 0.6 is 16.1 Å². The predicted octanol–water partition coefficient (Wildman–Crippen LogP) is -1.11. The Labute approximate surface area is 131 Å². The molecule has 132 valence electrons. The predicted molar refractivity (Wildman–Crippen MR) is 76.3 cm³/mol. The molecule has 4 atom stereocenters. The van der Waals surface area contributed by atoms with Crippen LogP contribution in [0.2, 0.25) is 0 Å². The molecule has 1 aliphatic rings. The number of carbonyl (C=O) groups is 1. The quantitative estimate of drug-likeness (QED) is 0.143. The van der Waals surface area contributed by atoms with Crippen molar-refractivity contribution in [3.63, 3.8) is 0 Å². The molecule has 1 aliphatic heterocycles. The largest absolute Gasteiger partial charge is 0.469 e. The van der Waals surface area contributed by atoms with Crippen molar-refractivity contribution in [3.8, 4) is 0 Å². The van der Waals surface area contributed by atoms with Gasteiger partial charge in [0, 0.05) is 12.6 Å². The van der Waals surface area contributed by atoms with Gasteiger partial charge in [0.15, 0.2) is 0 Å². The topological polar surface area (TPSA) is 193 Å². The van der Waals surface area contributed by atoms with E-state index >= 15 is 0 Å². The van der Waals surface area contributed by atoms with Crippen LogP contribution in [0.3, 0.4) is 0 Å². The van der Waals surface area contributed by atoms with E-state index in [0.29, 0.717) is 6.41 Å². The van der Waals surface area contributed by atoms with Gasteiger partial charge in [0.2, 0.25) is 6.41 Å². The molecular formula is C9H17N3O9P2. The minimum Gasteiger partial charge on any atom is -0.384 e. The normalized spacial score (nSPS) is 26.3. The molecular weight excluding hydrogens is 356 g/mol. The zero-order valence-electron chi connectivity index (χ0n) is 11.6. The Bertz CT molecular complexity index is 536. The standard InChI is InChI=1S/C9H17N3O9P2/c10-8(11)1-2-12(5-13)9-3-6(21-22(14)15)7(20-9)4-19-23(16,17)18/h1-2,5-7,9,22H,3-4H2,(H3,10,11)(H,14,15)(H2,16,17,18)/b2-1-/t6-,7+,9+/m0/s1. The molecule has 1 heterocycles. The summed E-state index contributed by atoms with van der Waals surface area (Å²) in [4.78, 5) is 38.2. The molecule has 1 rings (SSSR count). The fourth-order valence-electron chi connectivity index (χ4n) is 1.82. The van der Waals surface area contributed by atoms with E-state index in [-0.39, 0.29) is 12.3 Å². The average molecular weight is 373 g/mol. The Morgan fingerprint density at radius 1 is 1.57 bits per heavy atom. The fraction of sp³-hybridized carbons (Fsp3) is 0.556. The van der Waals surface area contributed by atoms with E-state index in [1.807, 2.05) is 0 Å². The lowest BCUT2D eigenvalue weighted by molar-refractivity contribution is -0.127. The maximum Gasteiger partial charge on any atom is 0.469 e. The first-order valence-electron chi connectivity index (χ1n) is 6.12. The van der Waals surface area contributed by atoms with Gasteiger partial charge in [0.1, 0.15) is 18.2 Å². The SMILES string of the molecule is N=C(N)/C=C\N(C=O)[C@H]1C[C@H](O[PH](=O)O)[C@@H](COP(=O)(O)O)O1. The van der Waals surface area contributed by atoms with Crippen molar-refractivity contribution >= 4 is 28.3 Å². The number of nitrogens with zero attached hydrogens (tertiary/aromatic N) is 1. The average Bonchev–Trinajstić information content (AvgIpc) is 2.78. The first-order chi connectivity index (χ1) is 10.6. The van der Waals surface area contributed by atoms with Crippen LogP contribution in [0.25, 0.3) is 0 Å². The number of nitrogens with two attached hydrogens (primary N) is 1. The summed E-state index contributed by atoms with van der Waals surface area (Å²) < 4.78 is 36.0. The number of amides is 1. The van der Waals surface area contributed by atoms with Crippen LogP contribution in [0.5, 0.6) is 0 Å². The van der Waals surface area contributed by atoms with Crippen LogP contribution in [0.1, 0.15) is 6.42 Å². The molecule has 1 amide bonds. The second-order valence-corrected chi connectivity index (χ2v) is 6.40. The van der Waals surface area contributed by atoms with E-state index in [0.717, 1.165) is 17.2 Å². The number of carbonyl (C=O) groups excluding carboxylic acids is 1. The first kappa shape index (κ1) is 19.9. The molecule has 0 aromatic rings. The van der Waals surface area contributed by atoms with Crippen molar-refractivity contribution in [2.24, 2.45) is 5.73 Å². The van der Waals surface area contributed by atoms with Gasteiger partial charge in [-0.3, -0.25) is 24.2 Å². The lowest BCUT2D eigenvalue weighted by Crippen LogP contribution is -2.31. The molecule has 12 nitrogen and oxygen atoms in total. The first-order valence-corrected chi connectivity index (χ1v) is 8.92. The second kappa shape index (κ2) is 8.67. The summed E-state index contributed by atoms with van der Waals surface area (Å²) in [5, 5.41) is 7.05. The van der Waals surface area contributed by atoms with Gasteiger partial charge in [-0.05, 0) is 6.08 Å². The number of hydrogen-bond acceptors (Lipinski definition) is 7. The summed E-state index contributed by atoms with van der Waals surface area (Å²) in [6.45, 7) is -0.607. The number of nitrogens with one attached hydrogen (secondary N) is 1. The molecule has 1 saturated heterocycles. The molecule has 0 bridgehead atoms. The zero-order valence-corrected chi connectivity index (χ0v) is 13.5. The third-order valence-corrected chi connectivity index (χ3v) is 3.71. The van der Waals surface area contributed by atoms with Gasteiger partial charge >= 0.3 is 16.1 Å². The molecule has 23 heavy (non-hydrogen) atoms. The number of hydrogen-bond donors (Lipinski definition) is 5. The van der Waals surface area contributed by atoms with Gasteiger partial charge in [0.05, 0.1) is 12.7 Å². The van der Waals surface area contributed by atoms with Crippen LogP contribution in [0.4, 0.5) is 0 Å². The van der Waals surface area contributed by atoms with Crippen LogP contribution in [0.15, 0.2) is 12.3 Å². The molecule has 0 radical (unpaired) electrons. The molecule has 0 aromatic carbocycles. The Morgan fingerprint density at radius 2 is 2.22 bits per heavy atom. The van der Waals surface area contributed by atoms with E-state index in [2.05, 4.69) is 4.52 Å². The number of phosphoric ester groups is 1. The maximum absolute atomic E-state index is 11.0. The second-order valence-electron chi connectivity index (χ2n) is 4.40. The van der Waals surface area contributed by atoms with E-state index in [4.69, 9.17) is 35.1 Å². The Kier molecular flexibility index (Phi) is 7.52. The fourth-order valence-corrected chi connectivity index (χ4v) is 2.67. The van der Waals surface area contributed by atoms with Crippen molar-refractivity contribution in [1.29, 1.82) is 5.41 Å². The Morgan fingerprint density at radius 3 is 2.70 bits per heavy atom. The zero-order chi connectivity index (χ0) is 17.6. The minimum absolute atomic E-state index is 0.0485. The van der Waals surface area contributed by atoms with Crippen LogP contribution < -0.4 is 5.73 Å². The van der Waals surface area contributed by atoms with Gasteiger partial charge in [-0.15, -0.1) is 0 Å². The third-order valence-electron chi connectivity index (χ3n) is 2.72. The van der Waals surface area contributed by atoms with Crippen LogP contribution in [-0.4, -0.2) is 56.9 Å². The maximum atomic E-state index is 11.0. The van der Waals surface area contributed by atoms with Gasteiger partial charge in [-0.2, -0.15) is 0 Å². The molecule has 0 spiro atoms. The van der Waals surface area contributed by atoms with Crippen molar-refractivity contribution in [3.05, 3.63) is 12.3 Å². The summed E-state index contributed by atoms with van der Waals surface area (Å²) in [6, 6.07) is 0. The van der Waals surface area contributed by atoms with E-state index in [1.54, 1.807) is 0 Å².